The Labute approximate surface area is 187 Å². The minimum atomic E-state index is -4.16. The number of fused-ring (bicyclic) bond motifs is 1. The summed E-state index contributed by atoms with van der Waals surface area (Å²) in [5.41, 5.74) is 1.89. The molecule has 30 heavy (non-hydrogen) atoms. The number of benzene rings is 1. The van der Waals surface area contributed by atoms with Crippen LogP contribution >= 0.6 is 28.1 Å². The molecule has 2 N–H and O–H groups in total. The summed E-state index contributed by atoms with van der Waals surface area (Å²) in [6, 6.07) is 4.28. The van der Waals surface area contributed by atoms with Crippen molar-refractivity contribution in [1.82, 2.24) is 19.6 Å². The van der Waals surface area contributed by atoms with Gasteiger partial charge in [0.05, 0.1) is 11.4 Å². The minimum Gasteiger partial charge on any atom is -0.505 e. The number of sulfonamides is 1. The van der Waals surface area contributed by atoms with Crippen LogP contribution in [0.1, 0.15) is 5.56 Å². The van der Waals surface area contributed by atoms with Gasteiger partial charge < -0.3 is 5.11 Å². The number of nitrogens with one attached hydrogen (secondary N) is 1. The molecule has 0 aliphatic carbocycles. The number of amides is 2. The van der Waals surface area contributed by atoms with Gasteiger partial charge in [-0.2, -0.15) is 0 Å². The van der Waals surface area contributed by atoms with E-state index in [9.17, 15) is 23.1 Å². The third kappa shape index (κ3) is 3.61. The number of thiocarbonyl (C=S) groups is 1. The highest BCUT2D eigenvalue weighted by Crippen LogP contribution is 2.37. The molecule has 2 heterocycles. The average molecular weight is 513 g/mol. The van der Waals surface area contributed by atoms with E-state index < -0.39 is 27.4 Å². The zero-order valence-corrected chi connectivity index (χ0v) is 18.8. The average Bonchev–Trinajstić information content (AvgIpc) is 2.94. The Balaban J connectivity index is 2.03. The van der Waals surface area contributed by atoms with Gasteiger partial charge >= 0.3 is 0 Å². The summed E-state index contributed by atoms with van der Waals surface area (Å²) in [7, 11) is -4.16. The molecule has 0 spiro atoms. The lowest BCUT2D eigenvalue weighted by molar-refractivity contribution is -0.125. The fourth-order valence-electron chi connectivity index (χ4n) is 3.03. The number of nitrogens with zero attached hydrogens (tertiary/aromatic N) is 3. The topological polar surface area (TPSA) is 110 Å². The maximum absolute atomic E-state index is 13.1. The van der Waals surface area contributed by atoms with Crippen molar-refractivity contribution >= 4 is 60.9 Å². The molecular weight excluding hydrogens is 496 g/mol. The van der Waals surface area contributed by atoms with Crippen molar-refractivity contribution < 1.29 is 23.1 Å². The molecule has 0 bridgehead atoms. The molecule has 2 aliphatic heterocycles. The Morgan fingerprint density at radius 3 is 2.60 bits per heavy atom. The zero-order chi connectivity index (χ0) is 22.2. The number of carbonyl (C=O) groups is 2. The first-order valence-electron chi connectivity index (χ1n) is 8.54. The molecule has 0 saturated carbocycles. The highest BCUT2D eigenvalue weighted by Gasteiger charge is 2.41. The third-order valence-electron chi connectivity index (χ3n) is 4.35. The monoisotopic (exact) mass is 512 g/mol. The first-order chi connectivity index (χ1) is 14.1. The molecule has 2 aliphatic rings. The second-order valence-electron chi connectivity index (χ2n) is 6.27. The lowest BCUT2D eigenvalue weighted by Crippen LogP contribution is -2.49. The highest BCUT2D eigenvalue weighted by molar-refractivity contribution is 9.10. The number of aliphatic hydroxyl groups excluding tert-OH is 1. The number of hydrogen-bond donors (Lipinski definition) is 2. The Morgan fingerprint density at radius 1 is 1.30 bits per heavy atom. The summed E-state index contributed by atoms with van der Waals surface area (Å²) in [4.78, 5) is 26.2. The molecule has 9 nitrogen and oxygen atoms in total. The van der Waals surface area contributed by atoms with Crippen molar-refractivity contribution in [2.75, 3.05) is 19.6 Å². The molecular formula is C18H17BrN4O5S2. The van der Waals surface area contributed by atoms with Crippen LogP contribution in [0.25, 0.3) is 5.76 Å². The Kier molecular flexibility index (Phi) is 6.01. The van der Waals surface area contributed by atoms with Gasteiger partial charge in [-0.25, -0.2) is 8.42 Å². The summed E-state index contributed by atoms with van der Waals surface area (Å²) in [6.45, 7) is 6.75. The Bertz CT molecular complexity index is 1120. The zero-order valence-electron chi connectivity index (χ0n) is 15.5. The summed E-state index contributed by atoms with van der Waals surface area (Å²) in [5.74, 6) is -1.82. The van der Waals surface area contributed by atoms with Crippen molar-refractivity contribution in [1.29, 1.82) is 0 Å². The SMILES string of the molecule is C=CCN1C(=O)CN(NC(=O)C2=C(O)c3ccc(Br)cc3S(=O)(=O)N2CC=C)C1=S. The second kappa shape index (κ2) is 8.20. The predicted octanol–water partition coefficient (Wildman–Crippen LogP) is 1.51. The molecule has 12 heteroatoms. The first-order valence-corrected chi connectivity index (χ1v) is 11.2. The van der Waals surface area contributed by atoms with Gasteiger partial charge in [0.25, 0.3) is 21.8 Å². The number of hydrogen-bond acceptors (Lipinski definition) is 6. The Morgan fingerprint density at radius 2 is 1.97 bits per heavy atom. The van der Waals surface area contributed by atoms with Crippen LogP contribution in [0.15, 0.2) is 58.6 Å². The summed E-state index contributed by atoms with van der Waals surface area (Å²) in [5, 5.41) is 11.9. The lowest BCUT2D eigenvalue weighted by atomic mass is 10.1. The van der Waals surface area contributed by atoms with E-state index in [1.165, 1.54) is 29.2 Å². The van der Waals surface area contributed by atoms with Crippen LogP contribution in [-0.2, 0) is 19.6 Å². The van der Waals surface area contributed by atoms with Gasteiger partial charge in [0.1, 0.15) is 6.54 Å². The van der Waals surface area contributed by atoms with E-state index in [1.807, 2.05) is 0 Å². The molecule has 0 aromatic heterocycles. The van der Waals surface area contributed by atoms with Crippen LogP contribution in [0, 0.1) is 0 Å². The quantitative estimate of drug-likeness (QED) is 0.439. The van der Waals surface area contributed by atoms with E-state index in [0.717, 1.165) is 9.31 Å². The standard InChI is InChI=1S/C18H17BrN4O5S2/c1-3-7-21-14(24)10-22(18(21)29)20-17(26)15-16(25)12-6-5-11(19)9-13(12)30(27,28)23(15)8-4-2/h3-6,9,25H,1-2,7-8,10H2,(H,20,26). The molecule has 1 aromatic carbocycles. The van der Waals surface area contributed by atoms with E-state index in [0.29, 0.717) is 4.47 Å². The van der Waals surface area contributed by atoms with Crippen molar-refractivity contribution in [3.63, 3.8) is 0 Å². The number of halogens is 1. The molecule has 2 amide bonds. The maximum Gasteiger partial charge on any atom is 0.291 e. The minimum absolute atomic E-state index is 0.0166. The molecule has 0 radical (unpaired) electrons. The van der Waals surface area contributed by atoms with Gasteiger partial charge in [-0.15, -0.1) is 13.2 Å². The normalized spacial score (nSPS) is 17.8. The van der Waals surface area contributed by atoms with Crippen LogP contribution < -0.4 is 5.43 Å². The molecule has 1 aromatic rings. The number of carbonyl (C=O) groups excluding carboxylic acids is 2. The van der Waals surface area contributed by atoms with Crippen molar-refractivity contribution in [2.24, 2.45) is 0 Å². The summed E-state index contributed by atoms with van der Waals surface area (Å²) < 4.78 is 27.5. The van der Waals surface area contributed by atoms with E-state index in [4.69, 9.17) is 12.2 Å². The van der Waals surface area contributed by atoms with Crippen LogP contribution in [-0.4, -0.2) is 64.3 Å². The van der Waals surface area contributed by atoms with Gasteiger partial charge in [-0.05, 0) is 30.4 Å². The third-order valence-corrected chi connectivity index (χ3v) is 7.09. The summed E-state index contributed by atoms with van der Waals surface area (Å²) in [6.07, 6.45) is 2.77. The van der Waals surface area contributed by atoms with Gasteiger partial charge in [-0.1, -0.05) is 28.1 Å². The molecule has 3 rings (SSSR count). The van der Waals surface area contributed by atoms with Crippen LogP contribution in [0.5, 0.6) is 0 Å². The smallest absolute Gasteiger partial charge is 0.291 e. The summed E-state index contributed by atoms with van der Waals surface area (Å²) >= 11 is 8.40. The van der Waals surface area contributed by atoms with E-state index in [1.54, 1.807) is 6.07 Å². The van der Waals surface area contributed by atoms with Crippen molar-refractivity contribution in [3.05, 3.63) is 59.2 Å². The molecule has 1 saturated heterocycles. The van der Waals surface area contributed by atoms with E-state index in [-0.39, 0.29) is 41.1 Å². The fraction of sp³-hybridized carbons (Fsp3) is 0.167. The second-order valence-corrected chi connectivity index (χ2v) is 9.38. The van der Waals surface area contributed by atoms with Gasteiger partial charge in [0, 0.05) is 16.6 Å². The first kappa shape index (κ1) is 22.0. The number of rotatable bonds is 6. The van der Waals surface area contributed by atoms with Crippen LogP contribution in [0.2, 0.25) is 0 Å². The number of aliphatic hydroxyl groups is 1. The van der Waals surface area contributed by atoms with Crippen molar-refractivity contribution in [2.45, 2.75) is 4.90 Å². The molecule has 0 atom stereocenters. The predicted molar refractivity (Wildman–Crippen MR) is 117 cm³/mol. The number of hydrazine groups is 1. The Hall–Kier alpha value is -2.70. The van der Waals surface area contributed by atoms with Crippen molar-refractivity contribution in [3.8, 4) is 0 Å². The van der Waals surface area contributed by atoms with Crippen LogP contribution in [0.4, 0.5) is 0 Å². The largest absolute Gasteiger partial charge is 0.505 e. The van der Waals surface area contributed by atoms with Gasteiger partial charge in [0.2, 0.25) is 0 Å². The fourth-order valence-corrected chi connectivity index (χ4v) is 5.50. The van der Waals surface area contributed by atoms with E-state index >= 15 is 0 Å². The van der Waals surface area contributed by atoms with Crippen LogP contribution in [0.3, 0.4) is 0 Å². The molecule has 1 fully saturated rings. The van der Waals surface area contributed by atoms with Gasteiger partial charge in [-0.3, -0.25) is 29.2 Å². The highest BCUT2D eigenvalue weighted by atomic mass is 79.9. The van der Waals surface area contributed by atoms with E-state index in [2.05, 4.69) is 34.5 Å². The van der Waals surface area contributed by atoms with Gasteiger partial charge in [0.15, 0.2) is 16.6 Å². The molecule has 0 unspecified atom stereocenters. The lowest BCUT2D eigenvalue weighted by Gasteiger charge is -2.31. The maximum atomic E-state index is 13.1. The molecule has 158 valence electrons.